The molecule has 5 nitrogen and oxygen atoms in total. The quantitative estimate of drug-likeness (QED) is 0.846. The Morgan fingerprint density at radius 3 is 2.65 bits per heavy atom. The van der Waals surface area contributed by atoms with Crippen LogP contribution in [-0.4, -0.2) is 27.9 Å². The maximum absolute atomic E-state index is 11.9. The number of hydrogen-bond acceptors (Lipinski definition) is 5. The first-order valence-corrected chi connectivity index (χ1v) is 8.28. The lowest BCUT2D eigenvalue weighted by molar-refractivity contribution is -0.119. The van der Waals surface area contributed by atoms with Crippen LogP contribution in [-0.2, 0) is 4.79 Å². The van der Waals surface area contributed by atoms with Gasteiger partial charge in [0.1, 0.15) is 0 Å². The van der Waals surface area contributed by atoms with Crippen LogP contribution in [0.5, 0.6) is 0 Å². The SMILES string of the molecule is CC1CCC(NC(=O)CSc2nnc(C(C)C)o2)CC1. The zero-order chi connectivity index (χ0) is 14.5. The van der Waals surface area contributed by atoms with Crippen molar-refractivity contribution in [1.29, 1.82) is 0 Å². The van der Waals surface area contributed by atoms with Crippen molar-refractivity contribution < 1.29 is 9.21 Å². The molecule has 1 amide bonds. The Morgan fingerprint density at radius 2 is 2.05 bits per heavy atom. The lowest BCUT2D eigenvalue weighted by Gasteiger charge is -2.26. The van der Waals surface area contributed by atoms with E-state index in [2.05, 4.69) is 22.4 Å². The van der Waals surface area contributed by atoms with E-state index < -0.39 is 0 Å². The molecule has 1 fully saturated rings. The second-order valence-electron chi connectivity index (χ2n) is 5.87. The summed E-state index contributed by atoms with van der Waals surface area (Å²) in [5.74, 6) is 2.03. The predicted octanol–water partition coefficient (Wildman–Crippen LogP) is 2.98. The molecule has 0 unspecified atom stereocenters. The van der Waals surface area contributed by atoms with Gasteiger partial charge in [-0.05, 0) is 31.6 Å². The number of thioether (sulfide) groups is 1. The van der Waals surface area contributed by atoms with E-state index in [1.807, 2.05) is 13.8 Å². The van der Waals surface area contributed by atoms with Gasteiger partial charge < -0.3 is 9.73 Å². The van der Waals surface area contributed by atoms with Crippen LogP contribution in [0.3, 0.4) is 0 Å². The smallest absolute Gasteiger partial charge is 0.277 e. The molecule has 0 spiro atoms. The molecule has 1 aromatic rings. The zero-order valence-electron chi connectivity index (χ0n) is 12.4. The molecule has 6 heteroatoms. The molecule has 0 saturated heterocycles. The molecule has 0 atom stereocenters. The van der Waals surface area contributed by atoms with Gasteiger partial charge in [0.05, 0.1) is 5.75 Å². The van der Waals surface area contributed by atoms with Crippen molar-refractivity contribution in [2.45, 2.75) is 63.6 Å². The average molecular weight is 297 g/mol. The van der Waals surface area contributed by atoms with Crippen LogP contribution in [0.2, 0.25) is 0 Å². The summed E-state index contributed by atoms with van der Waals surface area (Å²) in [5, 5.41) is 11.4. The first kappa shape index (κ1) is 15.4. The molecule has 1 heterocycles. The molecular weight excluding hydrogens is 274 g/mol. The minimum Gasteiger partial charge on any atom is -0.416 e. The number of nitrogens with zero attached hydrogens (tertiary/aromatic N) is 2. The van der Waals surface area contributed by atoms with Crippen LogP contribution < -0.4 is 5.32 Å². The van der Waals surface area contributed by atoms with E-state index in [0.29, 0.717) is 22.9 Å². The fraction of sp³-hybridized carbons (Fsp3) is 0.786. The van der Waals surface area contributed by atoms with Gasteiger partial charge >= 0.3 is 0 Å². The number of carbonyl (C=O) groups is 1. The Morgan fingerprint density at radius 1 is 1.35 bits per heavy atom. The number of amides is 1. The van der Waals surface area contributed by atoms with Gasteiger partial charge in [0.15, 0.2) is 0 Å². The van der Waals surface area contributed by atoms with E-state index in [1.54, 1.807) is 0 Å². The summed E-state index contributed by atoms with van der Waals surface area (Å²) in [6, 6.07) is 0.341. The van der Waals surface area contributed by atoms with E-state index in [9.17, 15) is 4.79 Å². The first-order valence-electron chi connectivity index (χ1n) is 7.30. The van der Waals surface area contributed by atoms with Crippen molar-refractivity contribution >= 4 is 17.7 Å². The normalized spacial score (nSPS) is 23.0. The molecular formula is C14H23N3O2S. The summed E-state index contributed by atoms with van der Waals surface area (Å²) in [5.41, 5.74) is 0. The first-order chi connectivity index (χ1) is 9.54. The molecule has 0 aliphatic heterocycles. The van der Waals surface area contributed by atoms with Crippen molar-refractivity contribution in [3.63, 3.8) is 0 Å². The number of nitrogens with one attached hydrogen (secondary N) is 1. The van der Waals surface area contributed by atoms with Crippen molar-refractivity contribution in [2.24, 2.45) is 5.92 Å². The third kappa shape index (κ3) is 4.51. The molecule has 112 valence electrons. The van der Waals surface area contributed by atoms with Gasteiger partial charge in [-0.1, -0.05) is 32.5 Å². The van der Waals surface area contributed by atoms with Crippen LogP contribution in [0, 0.1) is 5.92 Å². The van der Waals surface area contributed by atoms with E-state index >= 15 is 0 Å². The highest BCUT2D eigenvalue weighted by Crippen LogP contribution is 2.24. The minimum atomic E-state index is 0.0545. The second-order valence-corrected chi connectivity index (χ2v) is 6.80. The Kier molecular flexibility index (Phi) is 5.46. The number of aromatic nitrogens is 2. The van der Waals surface area contributed by atoms with Gasteiger partial charge in [0.2, 0.25) is 11.8 Å². The summed E-state index contributed by atoms with van der Waals surface area (Å²) in [6.07, 6.45) is 4.60. The average Bonchev–Trinajstić information content (AvgIpc) is 2.88. The second kappa shape index (κ2) is 7.11. The van der Waals surface area contributed by atoms with Gasteiger partial charge in [-0.15, -0.1) is 10.2 Å². The third-order valence-electron chi connectivity index (χ3n) is 3.62. The molecule has 20 heavy (non-hydrogen) atoms. The van der Waals surface area contributed by atoms with Crippen molar-refractivity contribution in [3.05, 3.63) is 5.89 Å². The van der Waals surface area contributed by atoms with Crippen molar-refractivity contribution in [2.75, 3.05) is 5.75 Å². The fourth-order valence-corrected chi connectivity index (χ4v) is 2.89. The van der Waals surface area contributed by atoms with Gasteiger partial charge in [-0.3, -0.25) is 4.79 Å². The van der Waals surface area contributed by atoms with Gasteiger partial charge in [0, 0.05) is 12.0 Å². The summed E-state index contributed by atoms with van der Waals surface area (Å²) < 4.78 is 5.46. The largest absolute Gasteiger partial charge is 0.416 e. The van der Waals surface area contributed by atoms with E-state index in [4.69, 9.17) is 4.42 Å². The zero-order valence-corrected chi connectivity index (χ0v) is 13.2. The Bertz CT molecular complexity index is 439. The van der Waals surface area contributed by atoms with Crippen molar-refractivity contribution in [3.8, 4) is 0 Å². The maximum Gasteiger partial charge on any atom is 0.277 e. The Hall–Kier alpha value is -1.04. The predicted molar refractivity (Wildman–Crippen MR) is 78.7 cm³/mol. The molecule has 0 bridgehead atoms. The van der Waals surface area contributed by atoms with Crippen LogP contribution in [0.4, 0.5) is 0 Å². The Labute approximate surface area is 124 Å². The van der Waals surface area contributed by atoms with E-state index in [0.717, 1.165) is 18.8 Å². The van der Waals surface area contributed by atoms with Crippen molar-refractivity contribution in [1.82, 2.24) is 15.5 Å². The molecule has 1 saturated carbocycles. The number of carbonyl (C=O) groups excluding carboxylic acids is 1. The maximum atomic E-state index is 11.9. The summed E-state index contributed by atoms with van der Waals surface area (Å²) >= 11 is 1.30. The van der Waals surface area contributed by atoms with E-state index in [-0.39, 0.29) is 11.8 Å². The topological polar surface area (TPSA) is 68.0 Å². The van der Waals surface area contributed by atoms with Crippen LogP contribution >= 0.6 is 11.8 Å². The number of rotatable bonds is 5. The highest BCUT2D eigenvalue weighted by atomic mass is 32.2. The van der Waals surface area contributed by atoms with Crippen LogP contribution in [0.1, 0.15) is 58.3 Å². The van der Waals surface area contributed by atoms with Gasteiger partial charge in [-0.2, -0.15) is 0 Å². The fourth-order valence-electron chi connectivity index (χ4n) is 2.31. The van der Waals surface area contributed by atoms with Gasteiger partial charge in [-0.25, -0.2) is 0 Å². The monoisotopic (exact) mass is 297 g/mol. The Balaban J connectivity index is 1.71. The summed E-state index contributed by atoms with van der Waals surface area (Å²) in [7, 11) is 0. The highest BCUT2D eigenvalue weighted by Gasteiger charge is 2.20. The van der Waals surface area contributed by atoms with Crippen LogP contribution in [0.25, 0.3) is 0 Å². The molecule has 0 radical (unpaired) electrons. The molecule has 0 aromatic carbocycles. The molecule has 1 aromatic heterocycles. The summed E-state index contributed by atoms with van der Waals surface area (Å²) in [6.45, 7) is 6.27. The standard InChI is InChI=1S/C14H23N3O2S/c1-9(2)13-16-17-14(19-13)20-8-12(18)15-11-6-4-10(3)5-7-11/h9-11H,4-8H2,1-3H3,(H,15,18). The highest BCUT2D eigenvalue weighted by molar-refractivity contribution is 7.99. The molecule has 1 N–H and O–H groups in total. The van der Waals surface area contributed by atoms with Gasteiger partial charge in [0.25, 0.3) is 5.22 Å². The molecule has 2 rings (SSSR count). The third-order valence-corrected chi connectivity index (χ3v) is 4.44. The molecule has 1 aliphatic carbocycles. The van der Waals surface area contributed by atoms with E-state index in [1.165, 1.54) is 24.6 Å². The number of hydrogen-bond donors (Lipinski definition) is 1. The lowest BCUT2D eigenvalue weighted by atomic mass is 9.87. The summed E-state index contributed by atoms with van der Waals surface area (Å²) in [4.78, 5) is 11.9. The lowest BCUT2D eigenvalue weighted by Crippen LogP contribution is -2.38. The molecule has 1 aliphatic rings. The van der Waals surface area contributed by atoms with Crippen LogP contribution in [0.15, 0.2) is 9.64 Å². The minimum absolute atomic E-state index is 0.0545.